The molecule has 1 N–H and O–H groups in total. The van der Waals surface area contributed by atoms with Gasteiger partial charge in [0, 0.05) is 11.6 Å². The summed E-state index contributed by atoms with van der Waals surface area (Å²) in [5.74, 6) is -2.47. The van der Waals surface area contributed by atoms with Crippen molar-refractivity contribution in [2.75, 3.05) is 19.5 Å². The fourth-order valence-corrected chi connectivity index (χ4v) is 4.45. The number of hydrogen-bond acceptors (Lipinski definition) is 8. The fraction of sp³-hybridized carbons (Fsp3) is 0.350. The van der Waals surface area contributed by atoms with Gasteiger partial charge >= 0.3 is 18.1 Å². The van der Waals surface area contributed by atoms with Gasteiger partial charge in [-0.3, -0.25) is 4.79 Å². The number of fused-ring (bicyclic) bond motifs is 1. The van der Waals surface area contributed by atoms with E-state index in [4.69, 9.17) is 9.47 Å². The summed E-state index contributed by atoms with van der Waals surface area (Å²) in [6.07, 6.45) is -2.31. The molecule has 1 saturated carbocycles. The van der Waals surface area contributed by atoms with Crippen LogP contribution in [0.15, 0.2) is 12.3 Å². The number of amides is 1. The van der Waals surface area contributed by atoms with Crippen molar-refractivity contribution in [1.82, 2.24) is 14.6 Å². The minimum Gasteiger partial charge on any atom is -0.465 e. The van der Waals surface area contributed by atoms with E-state index in [0.717, 1.165) is 37.8 Å². The zero-order chi connectivity index (χ0) is 24.1. The molecule has 13 heteroatoms. The van der Waals surface area contributed by atoms with E-state index in [1.54, 1.807) is 0 Å². The van der Waals surface area contributed by atoms with E-state index < -0.39 is 29.7 Å². The highest BCUT2D eigenvalue weighted by Gasteiger charge is 2.38. The molecule has 174 valence electrons. The summed E-state index contributed by atoms with van der Waals surface area (Å²) in [7, 11) is 2.30. The van der Waals surface area contributed by atoms with Crippen LogP contribution in [0.4, 0.5) is 18.2 Å². The van der Waals surface area contributed by atoms with Gasteiger partial charge in [0.2, 0.25) is 0 Å². The molecule has 0 aliphatic heterocycles. The number of rotatable bonds is 5. The first-order valence-corrected chi connectivity index (χ1v) is 10.5. The molecule has 1 aliphatic rings. The smallest absolute Gasteiger partial charge is 0.433 e. The van der Waals surface area contributed by atoms with E-state index in [2.05, 4.69) is 15.4 Å². The Balaban J connectivity index is 1.78. The van der Waals surface area contributed by atoms with Gasteiger partial charge in [0.05, 0.1) is 26.0 Å². The Labute approximate surface area is 188 Å². The summed E-state index contributed by atoms with van der Waals surface area (Å²) in [4.78, 5) is 41.6. The van der Waals surface area contributed by atoms with Crippen molar-refractivity contribution < 1.29 is 37.0 Å². The molecule has 1 aliphatic carbocycles. The molecule has 0 spiro atoms. The first-order chi connectivity index (χ1) is 15.6. The first-order valence-electron chi connectivity index (χ1n) is 9.64. The molecule has 1 fully saturated rings. The molecular formula is C20H17F3N4O5S. The third kappa shape index (κ3) is 4.03. The van der Waals surface area contributed by atoms with Crippen molar-refractivity contribution >= 4 is 39.8 Å². The maximum Gasteiger partial charge on any atom is 0.433 e. The molecule has 0 radical (unpaired) electrons. The van der Waals surface area contributed by atoms with E-state index >= 15 is 0 Å². The number of aromatic nitrogens is 3. The summed E-state index contributed by atoms with van der Waals surface area (Å²) in [5.41, 5.74) is -1.10. The van der Waals surface area contributed by atoms with Crippen LogP contribution in [0.25, 0.3) is 5.65 Å². The largest absolute Gasteiger partial charge is 0.465 e. The third-order valence-electron chi connectivity index (χ3n) is 5.16. The minimum atomic E-state index is -4.71. The molecule has 3 heterocycles. The first kappa shape index (κ1) is 22.7. The van der Waals surface area contributed by atoms with Crippen molar-refractivity contribution in [1.29, 1.82) is 0 Å². The number of thiophene rings is 1. The van der Waals surface area contributed by atoms with Gasteiger partial charge in [0.25, 0.3) is 5.91 Å². The fourth-order valence-electron chi connectivity index (χ4n) is 3.34. The van der Waals surface area contributed by atoms with Gasteiger partial charge in [-0.05, 0) is 31.4 Å². The SMILES string of the molecule is COC(=O)c1sc(NC(=O)c2cnn3c(C(F)(F)F)cc(C4CC4)nc23)c(C(=O)OC)c1C. The van der Waals surface area contributed by atoms with Gasteiger partial charge in [0.15, 0.2) is 5.65 Å². The summed E-state index contributed by atoms with van der Waals surface area (Å²) in [5, 5.41) is 6.18. The van der Waals surface area contributed by atoms with Crippen LogP contribution in [-0.2, 0) is 15.7 Å². The molecule has 4 rings (SSSR count). The lowest BCUT2D eigenvalue weighted by Gasteiger charge is -2.11. The number of carbonyl (C=O) groups excluding carboxylic acids is 3. The summed E-state index contributed by atoms with van der Waals surface area (Å²) in [6, 6.07) is 0.944. The highest BCUT2D eigenvalue weighted by atomic mass is 32.1. The number of methoxy groups -OCH3 is 2. The number of nitrogens with one attached hydrogen (secondary N) is 1. The number of hydrogen-bond donors (Lipinski definition) is 1. The van der Waals surface area contributed by atoms with E-state index in [-0.39, 0.29) is 43.8 Å². The van der Waals surface area contributed by atoms with Crippen LogP contribution < -0.4 is 5.32 Å². The molecular weight excluding hydrogens is 465 g/mol. The highest BCUT2D eigenvalue weighted by molar-refractivity contribution is 7.18. The average Bonchev–Trinajstić information content (AvgIpc) is 3.45. The topological polar surface area (TPSA) is 112 Å². The predicted molar refractivity (Wildman–Crippen MR) is 110 cm³/mol. The van der Waals surface area contributed by atoms with E-state index in [9.17, 15) is 27.6 Å². The molecule has 33 heavy (non-hydrogen) atoms. The molecule has 3 aromatic rings. The number of carbonyl (C=O) groups is 3. The monoisotopic (exact) mass is 482 g/mol. The predicted octanol–water partition coefficient (Wildman–Crippen LogP) is 3.82. The maximum atomic E-state index is 13.6. The van der Waals surface area contributed by atoms with E-state index in [1.807, 2.05) is 0 Å². The number of nitrogens with zero attached hydrogens (tertiary/aromatic N) is 3. The standard InChI is InChI=1S/C20H17F3N4O5S/c1-8-13(18(29)31-2)17(33-14(8)19(30)32-3)26-16(28)10-7-24-27-12(20(21,22)23)6-11(9-4-5-9)25-15(10)27/h6-7,9H,4-5H2,1-3H3,(H,26,28). The quantitative estimate of drug-likeness (QED) is 0.550. The van der Waals surface area contributed by atoms with Crippen LogP contribution in [0.2, 0.25) is 0 Å². The molecule has 0 atom stereocenters. The number of esters is 2. The minimum absolute atomic E-state index is 0.0153. The van der Waals surface area contributed by atoms with E-state index in [0.29, 0.717) is 17.4 Å². The van der Waals surface area contributed by atoms with Gasteiger partial charge in [-0.15, -0.1) is 11.3 Å². The zero-order valence-electron chi connectivity index (χ0n) is 17.6. The van der Waals surface area contributed by atoms with Crippen LogP contribution in [-0.4, -0.2) is 46.7 Å². The van der Waals surface area contributed by atoms with Crippen LogP contribution in [0.5, 0.6) is 0 Å². The summed E-state index contributed by atoms with van der Waals surface area (Å²) in [6.45, 7) is 1.49. The van der Waals surface area contributed by atoms with Gasteiger partial charge in [0.1, 0.15) is 21.1 Å². The molecule has 3 aromatic heterocycles. The normalized spacial score (nSPS) is 13.8. The Morgan fingerprint density at radius 1 is 1.18 bits per heavy atom. The van der Waals surface area contributed by atoms with E-state index in [1.165, 1.54) is 6.92 Å². The zero-order valence-corrected chi connectivity index (χ0v) is 18.4. The molecule has 0 saturated heterocycles. The third-order valence-corrected chi connectivity index (χ3v) is 6.34. The lowest BCUT2D eigenvalue weighted by atomic mass is 10.1. The second-order valence-corrected chi connectivity index (χ2v) is 8.35. The number of alkyl halides is 3. The Morgan fingerprint density at radius 2 is 1.85 bits per heavy atom. The van der Waals surface area contributed by atoms with Crippen molar-refractivity contribution in [2.24, 2.45) is 0 Å². The van der Waals surface area contributed by atoms with Crippen molar-refractivity contribution in [3.63, 3.8) is 0 Å². The Kier molecular flexibility index (Phi) is 5.60. The second-order valence-electron chi connectivity index (χ2n) is 7.33. The second kappa shape index (κ2) is 8.14. The van der Waals surface area contributed by atoms with Crippen LogP contribution in [0, 0.1) is 6.92 Å². The molecule has 0 aromatic carbocycles. The van der Waals surface area contributed by atoms with Crippen molar-refractivity contribution in [3.8, 4) is 0 Å². The summed E-state index contributed by atoms with van der Waals surface area (Å²) < 4.78 is 50.8. The molecule has 1 amide bonds. The van der Waals surface area contributed by atoms with Crippen molar-refractivity contribution in [3.05, 3.63) is 45.2 Å². The number of ether oxygens (including phenoxy) is 2. The molecule has 0 unspecified atom stereocenters. The van der Waals surface area contributed by atoms with Gasteiger partial charge in [-0.1, -0.05) is 0 Å². The summed E-state index contributed by atoms with van der Waals surface area (Å²) >= 11 is 0.784. The lowest BCUT2D eigenvalue weighted by Crippen LogP contribution is -2.17. The molecule has 0 bridgehead atoms. The van der Waals surface area contributed by atoms with Crippen LogP contribution in [0.1, 0.15) is 66.1 Å². The van der Waals surface area contributed by atoms with Gasteiger partial charge in [-0.2, -0.15) is 18.3 Å². The highest BCUT2D eigenvalue weighted by Crippen LogP contribution is 2.41. The number of anilines is 1. The van der Waals surface area contributed by atoms with Gasteiger partial charge in [-0.25, -0.2) is 19.1 Å². The maximum absolute atomic E-state index is 13.6. The lowest BCUT2D eigenvalue weighted by molar-refractivity contribution is -0.142. The van der Waals surface area contributed by atoms with Crippen LogP contribution in [0.3, 0.4) is 0 Å². The molecule has 9 nitrogen and oxygen atoms in total. The van der Waals surface area contributed by atoms with Crippen molar-refractivity contribution in [2.45, 2.75) is 31.9 Å². The Bertz CT molecular complexity index is 1290. The van der Waals surface area contributed by atoms with Gasteiger partial charge < -0.3 is 14.8 Å². The van der Waals surface area contributed by atoms with Crippen LogP contribution >= 0.6 is 11.3 Å². The Hall–Kier alpha value is -3.48. The Morgan fingerprint density at radius 3 is 2.42 bits per heavy atom. The number of halogens is 3. The average molecular weight is 482 g/mol.